The van der Waals surface area contributed by atoms with Gasteiger partial charge >= 0.3 is 12.1 Å². The van der Waals surface area contributed by atoms with Gasteiger partial charge in [0, 0.05) is 11.2 Å². The number of hydrogen-bond donors (Lipinski definition) is 4. The summed E-state index contributed by atoms with van der Waals surface area (Å²) in [7, 11) is 0. The van der Waals surface area contributed by atoms with E-state index in [0.29, 0.717) is 5.69 Å². The molecule has 0 radical (unpaired) electrons. The van der Waals surface area contributed by atoms with Gasteiger partial charge in [0.2, 0.25) is 0 Å². The lowest BCUT2D eigenvalue weighted by atomic mass is 9.82. The summed E-state index contributed by atoms with van der Waals surface area (Å²) in [6.07, 6.45) is 0.0612. The van der Waals surface area contributed by atoms with Gasteiger partial charge in [-0.2, -0.15) is 0 Å². The molecule has 0 saturated carbocycles. The number of amides is 3. The molecule has 0 atom stereocenters. The van der Waals surface area contributed by atoms with Crippen LogP contribution in [0.5, 0.6) is 5.75 Å². The van der Waals surface area contributed by atoms with Crippen LogP contribution in [-0.2, 0) is 4.74 Å². The van der Waals surface area contributed by atoms with Gasteiger partial charge in [-0.15, -0.1) is 0 Å². The number of phenolic OH excluding ortho intramolecular Hbond substituents is 1. The minimum Gasteiger partial charge on any atom is -0.504 e. The van der Waals surface area contributed by atoms with Crippen molar-refractivity contribution in [1.29, 1.82) is 0 Å². The van der Waals surface area contributed by atoms with Crippen LogP contribution in [0.2, 0.25) is 5.02 Å². The maximum absolute atomic E-state index is 12.4. The smallest absolute Gasteiger partial charge is 0.411 e. The molecule has 1 rings (SSSR count). The molecule has 1 aromatic rings. The van der Waals surface area contributed by atoms with Gasteiger partial charge < -0.3 is 20.5 Å². The summed E-state index contributed by atoms with van der Waals surface area (Å²) in [5.74, 6) is -0.127. The van der Waals surface area contributed by atoms with Gasteiger partial charge in [-0.05, 0) is 43.7 Å². The van der Waals surface area contributed by atoms with Crippen LogP contribution in [0, 0.1) is 11.3 Å². The van der Waals surface area contributed by atoms with Crippen molar-refractivity contribution in [2.24, 2.45) is 11.3 Å². The molecule has 0 aliphatic heterocycles. The lowest BCUT2D eigenvalue weighted by molar-refractivity contribution is 0.147. The third kappa shape index (κ3) is 8.69. The second kappa shape index (κ2) is 9.37. The van der Waals surface area contributed by atoms with Crippen molar-refractivity contribution < 1.29 is 19.4 Å². The van der Waals surface area contributed by atoms with E-state index < -0.39 is 17.7 Å². The molecule has 0 aliphatic rings. The molecule has 0 spiro atoms. The van der Waals surface area contributed by atoms with Crippen molar-refractivity contribution in [3.05, 3.63) is 17.2 Å². The second-order valence-corrected chi connectivity index (χ2v) is 9.58. The topological polar surface area (TPSA) is 99.7 Å². The lowest BCUT2D eigenvalue weighted by Crippen LogP contribution is -2.47. The molecule has 0 unspecified atom stereocenters. The molecule has 0 aliphatic carbocycles. The van der Waals surface area contributed by atoms with Gasteiger partial charge in [0.15, 0.2) is 5.75 Å². The van der Waals surface area contributed by atoms with Crippen molar-refractivity contribution in [1.82, 2.24) is 5.32 Å². The highest BCUT2D eigenvalue weighted by atomic mass is 35.5. The Balaban J connectivity index is 2.85. The molecule has 3 amide bonds. The predicted octanol–water partition coefficient (Wildman–Crippen LogP) is 5.59. The number of hydrogen-bond acceptors (Lipinski definition) is 4. The third-order valence-electron chi connectivity index (χ3n) is 3.53. The van der Waals surface area contributed by atoms with Gasteiger partial charge in [-0.25, -0.2) is 9.59 Å². The van der Waals surface area contributed by atoms with E-state index in [4.69, 9.17) is 16.3 Å². The summed E-state index contributed by atoms with van der Waals surface area (Å²) in [5, 5.41) is 18.1. The third-order valence-corrected chi connectivity index (χ3v) is 3.82. The Kier molecular flexibility index (Phi) is 7.99. The van der Waals surface area contributed by atoms with E-state index in [1.165, 1.54) is 12.1 Å². The number of anilines is 2. The minimum atomic E-state index is -0.715. The van der Waals surface area contributed by atoms with Crippen molar-refractivity contribution in [2.75, 3.05) is 17.2 Å². The van der Waals surface area contributed by atoms with E-state index in [0.717, 1.165) is 6.42 Å². The Morgan fingerprint density at radius 1 is 1.14 bits per heavy atom. The highest BCUT2D eigenvalue weighted by Crippen LogP contribution is 2.35. The standard InChI is InChI=1S/C20H32ClN3O4/c1-12(2)10-28-18(27)23-15-9-13(8-14(21)16(15)25)22-17(26)24-20(6,7)11-19(3,4)5/h8-9,12,25H,10-11H2,1-7H3,(H,23,27)(H2,22,24,26). The average molecular weight is 414 g/mol. The maximum Gasteiger partial charge on any atom is 0.411 e. The Morgan fingerprint density at radius 3 is 2.29 bits per heavy atom. The van der Waals surface area contributed by atoms with E-state index in [1.807, 2.05) is 27.7 Å². The Morgan fingerprint density at radius 2 is 1.75 bits per heavy atom. The van der Waals surface area contributed by atoms with Crippen LogP contribution >= 0.6 is 11.6 Å². The number of ether oxygens (including phenoxy) is 1. The SMILES string of the molecule is CC(C)COC(=O)Nc1cc(NC(=O)NC(C)(C)CC(C)(C)C)cc(Cl)c1O. The maximum atomic E-state index is 12.4. The molecule has 28 heavy (non-hydrogen) atoms. The predicted molar refractivity (Wildman–Crippen MR) is 113 cm³/mol. The van der Waals surface area contributed by atoms with E-state index in [2.05, 4.69) is 36.7 Å². The molecule has 0 bridgehead atoms. The molecule has 0 saturated heterocycles. The number of benzene rings is 1. The first-order chi connectivity index (χ1) is 12.7. The summed E-state index contributed by atoms with van der Waals surface area (Å²) in [4.78, 5) is 24.2. The lowest BCUT2D eigenvalue weighted by Gasteiger charge is -2.33. The van der Waals surface area contributed by atoms with Crippen LogP contribution in [0.1, 0.15) is 54.9 Å². The number of carbonyl (C=O) groups is 2. The summed E-state index contributed by atoms with van der Waals surface area (Å²) >= 11 is 6.02. The van der Waals surface area contributed by atoms with E-state index in [-0.39, 0.29) is 34.4 Å². The van der Waals surface area contributed by atoms with Gasteiger partial charge in [0.05, 0.1) is 17.3 Å². The minimum absolute atomic E-state index is 0.00842. The molecular weight excluding hydrogens is 382 g/mol. The zero-order chi connectivity index (χ0) is 21.7. The number of nitrogens with one attached hydrogen (secondary N) is 3. The highest BCUT2D eigenvalue weighted by Gasteiger charge is 2.27. The van der Waals surface area contributed by atoms with Crippen molar-refractivity contribution in [3.63, 3.8) is 0 Å². The summed E-state index contributed by atoms with van der Waals surface area (Å²) in [6, 6.07) is 2.40. The zero-order valence-corrected chi connectivity index (χ0v) is 18.5. The summed E-state index contributed by atoms with van der Waals surface area (Å²) < 4.78 is 5.03. The molecule has 7 nitrogen and oxygen atoms in total. The highest BCUT2D eigenvalue weighted by molar-refractivity contribution is 6.33. The first kappa shape index (κ1) is 23.9. The molecule has 1 aromatic carbocycles. The molecule has 8 heteroatoms. The zero-order valence-electron chi connectivity index (χ0n) is 17.7. The fourth-order valence-corrected chi connectivity index (χ4v) is 3.21. The van der Waals surface area contributed by atoms with Crippen LogP contribution in [0.3, 0.4) is 0 Å². The molecule has 0 aromatic heterocycles. The van der Waals surface area contributed by atoms with Gasteiger partial charge in [-0.3, -0.25) is 5.32 Å². The van der Waals surface area contributed by atoms with E-state index in [1.54, 1.807) is 0 Å². The van der Waals surface area contributed by atoms with Crippen LogP contribution in [0.15, 0.2) is 12.1 Å². The van der Waals surface area contributed by atoms with Crippen molar-refractivity contribution in [3.8, 4) is 5.75 Å². The normalized spacial score (nSPS) is 11.9. The number of rotatable bonds is 6. The number of carbonyl (C=O) groups excluding carboxylic acids is 2. The van der Waals surface area contributed by atoms with Gasteiger partial charge in [-0.1, -0.05) is 46.2 Å². The summed E-state index contributed by atoms with van der Waals surface area (Å²) in [5.41, 5.74) is -0.00635. The van der Waals surface area contributed by atoms with Gasteiger partial charge in [0.1, 0.15) is 0 Å². The molecular formula is C20H32ClN3O4. The van der Waals surface area contributed by atoms with Crippen molar-refractivity contribution >= 4 is 35.1 Å². The fourth-order valence-electron chi connectivity index (χ4n) is 2.99. The van der Waals surface area contributed by atoms with Crippen LogP contribution in [-0.4, -0.2) is 29.4 Å². The Hall–Kier alpha value is -2.15. The first-order valence-corrected chi connectivity index (χ1v) is 9.62. The van der Waals surface area contributed by atoms with Crippen LogP contribution < -0.4 is 16.0 Å². The number of phenols is 1. The largest absolute Gasteiger partial charge is 0.504 e. The van der Waals surface area contributed by atoms with Gasteiger partial charge in [0.25, 0.3) is 0 Å². The first-order valence-electron chi connectivity index (χ1n) is 9.24. The Labute approximate surface area is 172 Å². The number of halogens is 1. The molecule has 0 fully saturated rings. The van der Waals surface area contributed by atoms with E-state index in [9.17, 15) is 14.7 Å². The van der Waals surface area contributed by atoms with E-state index >= 15 is 0 Å². The molecule has 158 valence electrons. The van der Waals surface area contributed by atoms with Crippen LogP contribution in [0.25, 0.3) is 0 Å². The quantitative estimate of drug-likeness (QED) is 0.361. The molecule has 4 N–H and O–H groups in total. The second-order valence-electron chi connectivity index (χ2n) is 9.17. The summed E-state index contributed by atoms with van der Waals surface area (Å²) in [6.45, 7) is 14.2. The monoisotopic (exact) mass is 413 g/mol. The van der Waals surface area contributed by atoms with Crippen molar-refractivity contribution in [2.45, 2.75) is 60.4 Å². The number of urea groups is 1. The fraction of sp³-hybridized carbons (Fsp3) is 0.600. The molecule has 0 heterocycles. The number of aromatic hydroxyl groups is 1. The Bertz CT molecular complexity index is 712. The van der Waals surface area contributed by atoms with Crippen LogP contribution in [0.4, 0.5) is 21.0 Å². The average Bonchev–Trinajstić information content (AvgIpc) is 2.46.